The maximum Gasteiger partial charge on any atom is 0.278 e. The summed E-state index contributed by atoms with van der Waals surface area (Å²) in [5, 5.41) is 6.01. The van der Waals surface area contributed by atoms with Crippen LogP contribution < -0.4 is 15.4 Å². The molecule has 7 nitrogen and oxygen atoms in total. The molecule has 1 aliphatic heterocycles. The van der Waals surface area contributed by atoms with E-state index < -0.39 is 0 Å². The number of rotatable bonds is 9. The van der Waals surface area contributed by atoms with E-state index in [-0.39, 0.29) is 29.3 Å². The zero-order valence-corrected chi connectivity index (χ0v) is 23.0. The Bertz CT molecular complexity index is 1340. The lowest BCUT2D eigenvalue weighted by molar-refractivity contribution is -0.137. The number of nitrogens with one attached hydrogen (secondary N) is 2. The zero-order chi connectivity index (χ0) is 26.5. The summed E-state index contributed by atoms with van der Waals surface area (Å²) >= 11 is 4.63. The van der Waals surface area contributed by atoms with Gasteiger partial charge in [0.25, 0.3) is 17.7 Å². The van der Waals surface area contributed by atoms with Gasteiger partial charge in [0.05, 0.1) is 7.11 Å². The molecule has 0 aliphatic carbocycles. The SMILES string of the molecule is COc1ccc(C(=O)Nc2ccc(SC3=C(Nc4ccc(Br)cc4)C(=O)N(CC(C)C)C3=O)cc2)cc1. The van der Waals surface area contributed by atoms with Crippen molar-refractivity contribution < 1.29 is 19.1 Å². The molecule has 37 heavy (non-hydrogen) atoms. The van der Waals surface area contributed by atoms with E-state index in [1.807, 2.05) is 38.1 Å². The highest BCUT2D eigenvalue weighted by Gasteiger charge is 2.39. The summed E-state index contributed by atoms with van der Waals surface area (Å²) in [6.07, 6.45) is 0. The highest BCUT2D eigenvalue weighted by Crippen LogP contribution is 2.36. The molecular formula is C28H26BrN3O4S. The second-order valence-electron chi connectivity index (χ2n) is 8.76. The number of amides is 3. The number of hydrogen-bond donors (Lipinski definition) is 2. The minimum Gasteiger partial charge on any atom is -0.497 e. The van der Waals surface area contributed by atoms with Crippen LogP contribution in [0.25, 0.3) is 0 Å². The van der Waals surface area contributed by atoms with Crippen molar-refractivity contribution in [3.05, 3.63) is 93.4 Å². The van der Waals surface area contributed by atoms with Gasteiger partial charge in [0.15, 0.2) is 0 Å². The van der Waals surface area contributed by atoms with E-state index in [4.69, 9.17) is 4.74 Å². The number of anilines is 2. The van der Waals surface area contributed by atoms with Gasteiger partial charge in [0, 0.05) is 32.9 Å². The Kier molecular flexibility index (Phi) is 8.35. The molecule has 0 spiro atoms. The summed E-state index contributed by atoms with van der Waals surface area (Å²) in [7, 11) is 1.57. The average molecular weight is 581 g/mol. The van der Waals surface area contributed by atoms with E-state index in [0.717, 1.165) is 9.37 Å². The van der Waals surface area contributed by atoms with E-state index in [1.54, 1.807) is 55.6 Å². The number of carbonyl (C=O) groups excluding carboxylic acids is 3. The van der Waals surface area contributed by atoms with Gasteiger partial charge in [-0.05, 0) is 78.7 Å². The number of halogens is 1. The molecule has 0 radical (unpaired) electrons. The first-order valence-electron chi connectivity index (χ1n) is 11.6. The standard InChI is InChI=1S/C28H26BrN3O4S/c1-17(2)16-32-27(34)24(30-20-8-6-19(29)7-9-20)25(28(32)35)37-23-14-10-21(11-15-23)31-26(33)18-4-12-22(36-3)13-5-18/h4-15,17,30H,16H2,1-3H3,(H,31,33). The minimum atomic E-state index is -0.340. The van der Waals surface area contributed by atoms with Crippen molar-refractivity contribution >= 4 is 56.8 Å². The Morgan fingerprint density at radius 3 is 2.14 bits per heavy atom. The maximum atomic E-state index is 13.2. The van der Waals surface area contributed by atoms with E-state index in [0.29, 0.717) is 34.1 Å². The monoisotopic (exact) mass is 579 g/mol. The molecule has 0 fully saturated rings. The Balaban J connectivity index is 1.52. The fourth-order valence-electron chi connectivity index (χ4n) is 3.64. The summed E-state index contributed by atoms with van der Waals surface area (Å²) in [5.74, 6) is -0.0896. The normalized spacial score (nSPS) is 13.4. The molecule has 4 rings (SSSR count). The third-order valence-corrected chi connectivity index (χ3v) is 7.09. The summed E-state index contributed by atoms with van der Waals surface area (Å²) in [6.45, 7) is 4.27. The number of ether oxygens (including phenoxy) is 1. The second-order valence-corrected chi connectivity index (χ2v) is 10.8. The molecule has 190 valence electrons. The summed E-state index contributed by atoms with van der Waals surface area (Å²) in [6, 6.07) is 21.4. The molecule has 0 bridgehead atoms. The first-order valence-corrected chi connectivity index (χ1v) is 13.2. The van der Waals surface area contributed by atoms with E-state index >= 15 is 0 Å². The first-order chi connectivity index (χ1) is 17.7. The molecule has 1 aliphatic rings. The predicted molar refractivity (Wildman–Crippen MR) is 150 cm³/mol. The summed E-state index contributed by atoms with van der Waals surface area (Å²) in [4.78, 5) is 41.4. The van der Waals surface area contributed by atoms with Crippen LogP contribution in [0.1, 0.15) is 24.2 Å². The van der Waals surface area contributed by atoms with Gasteiger partial charge in [0.1, 0.15) is 16.4 Å². The molecule has 0 atom stereocenters. The van der Waals surface area contributed by atoms with Crippen LogP contribution in [0, 0.1) is 5.92 Å². The van der Waals surface area contributed by atoms with E-state index in [1.165, 1.54) is 16.7 Å². The van der Waals surface area contributed by atoms with Crippen LogP contribution in [-0.2, 0) is 9.59 Å². The molecule has 0 saturated carbocycles. The minimum absolute atomic E-state index is 0.139. The number of nitrogens with zero attached hydrogens (tertiary/aromatic N) is 1. The number of thioether (sulfide) groups is 1. The Morgan fingerprint density at radius 1 is 0.919 bits per heavy atom. The molecular weight excluding hydrogens is 554 g/mol. The van der Waals surface area contributed by atoms with Crippen molar-refractivity contribution in [2.45, 2.75) is 18.7 Å². The fourth-order valence-corrected chi connectivity index (χ4v) is 4.85. The lowest BCUT2D eigenvalue weighted by Crippen LogP contribution is -2.35. The van der Waals surface area contributed by atoms with Gasteiger partial charge in [-0.1, -0.05) is 41.5 Å². The number of benzene rings is 3. The van der Waals surface area contributed by atoms with Crippen LogP contribution in [0.3, 0.4) is 0 Å². The van der Waals surface area contributed by atoms with Gasteiger partial charge < -0.3 is 15.4 Å². The largest absolute Gasteiger partial charge is 0.497 e. The average Bonchev–Trinajstić information content (AvgIpc) is 3.10. The quantitative estimate of drug-likeness (QED) is 0.295. The van der Waals surface area contributed by atoms with Gasteiger partial charge >= 0.3 is 0 Å². The Hall–Kier alpha value is -3.56. The van der Waals surface area contributed by atoms with Crippen LogP contribution >= 0.6 is 27.7 Å². The maximum absolute atomic E-state index is 13.2. The molecule has 1 heterocycles. The Labute approximate surface area is 228 Å². The predicted octanol–water partition coefficient (Wildman–Crippen LogP) is 6.15. The van der Waals surface area contributed by atoms with Crippen LogP contribution in [0.5, 0.6) is 5.75 Å². The summed E-state index contributed by atoms with van der Waals surface area (Å²) < 4.78 is 6.04. The molecule has 0 aromatic heterocycles. The van der Waals surface area contributed by atoms with E-state index in [9.17, 15) is 14.4 Å². The van der Waals surface area contributed by atoms with Crippen molar-refractivity contribution in [3.8, 4) is 5.75 Å². The van der Waals surface area contributed by atoms with Crippen molar-refractivity contribution in [1.29, 1.82) is 0 Å². The molecule has 0 unspecified atom stereocenters. The molecule has 2 N–H and O–H groups in total. The van der Waals surface area contributed by atoms with Gasteiger partial charge in [-0.2, -0.15) is 0 Å². The van der Waals surface area contributed by atoms with Crippen LogP contribution in [0.15, 0.2) is 92.8 Å². The van der Waals surface area contributed by atoms with Crippen LogP contribution in [-0.4, -0.2) is 36.3 Å². The van der Waals surface area contributed by atoms with Crippen molar-refractivity contribution in [2.24, 2.45) is 5.92 Å². The van der Waals surface area contributed by atoms with Crippen LogP contribution in [0.4, 0.5) is 11.4 Å². The lowest BCUT2D eigenvalue weighted by Gasteiger charge is -2.17. The molecule has 0 saturated heterocycles. The molecule has 9 heteroatoms. The molecule has 3 amide bonds. The van der Waals surface area contributed by atoms with Crippen LogP contribution in [0.2, 0.25) is 0 Å². The van der Waals surface area contributed by atoms with E-state index in [2.05, 4.69) is 26.6 Å². The van der Waals surface area contributed by atoms with Gasteiger partial charge in [-0.15, -0.1) is 0 Å². The smallest absolute Gasteiger partial charge is 0.278 e. The topological polar surface area (TPSA) is 87.7 Å². The third-order valence-electron chi connectivity index (χ3n) is 5.47. The highest BCUT2D eigenvalue weighted by molar-refractivity contribution is 9.10. The fraction of sp³-hybridized carbons (Fsp3) is 0.179. The van der Waals surface area contributed by atoms with Gasteiger partial charge in [-0.3, -0.25) is 19.3 Å². The highest BCUT2D eigenvalue weighted by atomic mass is 79.9. The van der Waals surface area contributed by atoms with Crippen molar-refractivity contribution in [1.82, 2.24) is 4.90 Å². The Morgan fingerprint density at radius 2 is 1.54 bits per heavy atom. The van der Waals surface area contributed by atoms with Gasteiger partial charge in [0.2, 0.25) is 0 Å². The number of methoxy groups -OCH3 is 1. The number of carbonyl (C=O) groups is 3. The third kappa shape index (κ3) is 6.42. The zero-order valence-electron chi connectivity index (χ0n) is 20.6. The molecule has 3 aromatic rings. The van der Waals surface area contributed by atoms with Gasteiger partial charge in [-0.25, -0.2) is 0 Å². The number of hydrogen-bond acceptors (Lipinski definition) is 6. The number of imide groups is 1. The lowest BCUT2D eigenvalue weighted by atomic mass is 10.2. The first kappa shape index (κ1) is 26.5. The van der Waals surface area contributed by atoms with Crippen molar-refractivity contribution in [2.75, 3.05) is 24.3 Å². The molecule has 3 aromatic carbocycles. The second kappa shape index (κ2) is 11.7. The van der Waals surface area contributed by atoms with Crippen molar-refractivity contribution in [3.63, 3.8) is 0 Å². The summed E-state index contributed by atoms with van der Waals surface area (Å²) in [5.41, 5.74) is 2.09.